The molecule has 0 bridgehead atoms. The highest BCUT2D eigenvalue weighted by molar-refractivity contribution is 5.72. The molecule has 0 unspecified atom stereocenters. The number of aromatic nitrogens is 5. The smallest absolute Gasteiger partial charge is 0.163 e. The normalized spacial score (nSPS) is 11.9. The molecule has 202 valence electrons. The van der Waals surface area contributed by atoms with Crippen molar-refractivity contribution in [3.63, 3.8) is 0 Å². The minimum Gasteiger partial charge on any atom is -0.299 e. The van der Waals surface area contributed by atoms with Gasteiger partial charge in [-0.05, 0) is 42.5 Å². The summed E-state index contributed by atoms with van der Waals surface area (Å²) in [6.07, 6.45) is 3.94. The van der Waals surface area contributed by atoms with Crippen molar-refractivity contribution in [2.45, 2.75) is 99.8 Å². The highest BCUT2D eigenvalue weighted by Crippen LogP contribution is 2.35. The molecule has 0 amide bonds. The van der Waals surface area contributed by atoms with Crippen molar-refractivity contribution < 1.29 is 0 Å². The first-order valence-corrected chi connectivity index (χ1v) is 13.8. The lowest BCUT2D eigenvalue weighted by Crippen LogP contribution is -2.24. The number of benzene rings is 2. The molecule has 0 atom stereocenters. The van der Waals surface area contributed by atoms with Crippen LogP contribution in [-0.2, 0) is 10.8 Å². The van der Waals surface area contributed by atoms with E-state index in [0.29, 0.717) is 11.7 Å². The lowest BCUT2D eigenvalue weighted by atomic mass is 9.92. The molecular formula is C33H45N5. The number of para-hydroxylation sites is 1. The summed E-state index contributed by atoms with van der Waals surface area (Å²) in [5.74, 6) is 3.60. The van der Waals surface area contributed by atoms with Gasteiger partial charge in [-0.15, -0.1) is 0 Å². The number of hydrogen-bond donors (Lipinski definition) is 0. The van der Waals surface area contributed by atoms with Gasteiger partial charge in [0.1, 0.15) is 17.5 Å². The molecule has 0 aliphatic rings. The van der Waals surface area contributed by atoms with Gasteiger partial charge >= 0.3 is 0 Å². The van der Waals surface area contributed by atoms with E-state index in [2.05, 4.69) is 116 Å². The maximum absolute atomic E-state index is 4.94. The first-order valence-electron chi connectivity index (χ1n) is 13.8. The Morgan fingerprint density at radius 3 is 1.82 bits per heavy atom. The van der Waals surface area contributed by atoms with Crippen LogP contribution < -0.4 is 0 Å². The van der Waals surface area contributed by atoms with Crippen molar-refractivity contribution in [2.75, 3.05) is 0 Å². The molecule has 0 saturated heterocycles. The SMILES string of the molecule is CC.Cc1cccc(C)c1-n1ccnc1-c1cc(-c2nc(C(C)(C)C)nc(C(C)(C)C)n2)ccc1C(C)C. The van der Waals surface area contributed by atoms with Gasteiger partial charge in [-0.3, -0.25) is 4.57 Å². The van der Waals surface area contributed by atoms with Gasteiger partial charge in [-0.1, -0.05) is 99.6 Å². The number of rotatable bonds is 4. The molecule has 0 radical (unpaired) electrons. The van der Waals surface area contributed by atoms with Crippen LogP contribution in [0.1, 0.15) is 103 Å². The topological polar surface area (TPSA) is 56.5 Å². The van der Waals surface area contributed by atoms with Crippen molar-refractivity contribution in [3.8, 4) is 28.5 Å². The van der Waals surface area contributed by atoms with Crippen molar-refractivity contribution in [1.82, 2.24) is 24.5 Å². The molecule has 5 heteroatoms. The van der Waals surface area contributed by atoms with Crippen LogP contribution in [0.15, 0.2) is 48.8 Å². The monoisotopic (exact) mass is 511 g/mol. The molecule has 0 N–H and O–H groups in total. The van der Waals surface area contributed by atoms with Gasteiger partial charge < -0.3 is 0 Å². The van der Waals surface area contributed by atoms with E-state index in [4.69, 9.17) is 19.9 Å². The molecule has 2 aromatic carbocycles. The Morgan fingerprint density at radius 1 is 0.763 bits per heavy atom. The zero-order valence-electron chi connectivity index (χ0n) is 25.4. The van der Waals surface area contributed by atoms with Crippen LogP contribution >= 0.6 is 0 Å². The van der Waals surface area contributed by atoms with Crippen LogP contribution in [-0.4, -0.2) is 24.5 Å². The van der Waals surface area contributed by atoms with E-state index in [9.17, 15) is 0 Å². The molecular weight excluding hydrogens is 466 g/mol. The summed E-state index contributed by atoms with van der Waals surface area (Å²) in [5, 5.41) is 0. The number of aryl methyl sites for hydroxylation is 2. The van der Waals surface area contributed by atoms with E-state index in [-0.39, 0.29) is 10.8 Å². The Balaban J connectivity index is 0.00000195. The average molecular weight is 512 g/mol. The van der Waals surface area contributed by atoms with E-state index >= 15 is 0 Å². The second kappa shape index (κ2) is 11.2. The van der Waals surface area contributed by atoms with Gasteiger partial charge in [0.2, 0.25) is 0 Å². The fourth-order valence-corrected chi connectivity index (χ4v) is 4.44. The molecule has 0 aliphatic carbocycles. The summed E-state index contributed by atoms with van der Waals surface area (Å²) in [7, 11) is 0. The van der Waals surface area contributed by atoms with E-state index < -0.39 is 0 Å². The Labute approximate surface area is 229 Å². The van der Waals surface area contributed by atoms with Gasteiger partial charge in [0, 0.05) is 34.4 Å². The summed E-state index contributed by atoms with van der Waals surface area (Å²) < 4.78 is 2.21. The van der Waals surface area contributed by atoms with E-state index in [1.807, 2.05) is 20.0 Å². The van der Waals surface area contributed by atoms with Gasteiger partial charge in [-0.25, -0.2) is 19.9 Å². The van der Waals surface area contributed by atoms with Crippen LogP contribution in [0.5, 0.6) is 0 Å². The molecule has 5 nitrogen and oxygen atoms in total. The standard InChI is InChI=1S/C31H39N5.C2H6/c1-19(2)23-15-14-22(26-33-28(30(5,6)7)35-29(34-26)31(8,9)10)18-24(23)27-32-16-17-36(27)25-20(3)12-11-13-21(25)4;1-2/h11-19H,1-10H3;1-2H3. The van der Waals surface area contributed by atoms with Gasteiger partial charge in [-0.2, -0.15) is 0 Å². The third-order valence-electron chi connectivity index (χ3n) is 6.47. The Morgan fingerprint density at radius 2 is 1.32 bits per heavy atom. The van der Waals surface area contributed by atoms with E-state index in [0.717, 1.165) is 28.6 Å². The Hall–Kier alpha value is -3.34. The molecule has 0 aliphatic heterocycles. The van der Waals surface area contributed by atoms with Crippen molar-refractivity contribution in [3.05, 3.63) is 77.1 Å². The maximum atomic E-state index is 4.94. The Bertz CT molecular complexity index is 1350. The summed E-state index contributed by atoms with van der Waals surface area (Å²) in [6.45, 7) is 25.6. The number of nitrogens with zero attached hydrogens (tertiary/aromatic N) is 5. The summed E-state index contributed by atoms with van der Waals surface area (Å²) in [5.41, 5.74) is 6.58. The third-order valence-corrected chi connectivity index (χ3v) is 6.47. The number of imidazole rings is 1. The zero-order chi connectivity index (χ0) is 28.4. The molecule has 4 aromatic rings. The lowest BCUT2D eigenvalue weighted by Gasteiger charge is -2.23. The molecule has 2 aromatic heterocycles. The van der Waals surface area contributed by atoms with Gasteiger partial charge in [0.05, 0.1) is 5.69 Å². The first-order chi connectivity index (χ1) is 17.8. The maximum Gasteiger partial charge on any atom is 0.163 e. The molecule has 2 heterocycles. The van der Waals surface area contributed by atoms with Crippen LogP contribution in [0.2, 0.25) is 0 Å². The summed E-state index contributed by atoms with van der Waals surface area (Å²) in [4.78, 5) is 19.6. The fraction of sp³-hybridized carbons (Fsp3) is 0.455. The molecule has 0 fully saturated rings. The van der Waals surface area contributed by atoms with E-state index in [1.54, 1.807) is 0 Å². The average Bonchev–Trinajstić information content (AvgIpc) is 3.32. The molecule has 0 saturated carbocycles. The van der Waals surface area contributed by atoms with Crippen LogP contribution in [0.4, 0.5) is 0 Å². The lowest BCUT2D eigenvalue weighted by molar-refractivity contribution is 0.497. The largest absolute Gasteiger partial charge is 0.299 e. The second-order valence-electron chi connectivity index (χ2n) is 12.1. The van der Waals surface area contributed by atoms with Gasteiger partial charge in [0.25, 0.3) is 0 Å². The summed E-state index contributed by atoms with van der Waals surface area (Å²) in [6, 6.07) is 13.0. The third kappa shape index (κ3) is 6.03. The van der Waals surface area contributed by atoms with E-state index in [1.165, 1.54) is 22.4 Å². The van der Waals surface area contributed by atoms with Gasteiger partial charge in [0.15, 0.2) is 5.82 Å². The zero-order valence-corrected chi connectivity index (χ0v) is 25.4. The number of hydrogen-bond acceptors (Lipinski definition) is 4. The molecule has 0 spiro atoms. The van der Waals surface area contributed by atoms with Crippen molar-refractivity contribution in [1.29, 1.82) is 0 Å². The predicted octanol–water partition coefficient (Wildman–Crippen LogP) is 8.75. The minimum atomic E-state index is -0.184. The second-order valence-corrected chi connectivity index (χ2v) is 12.1. The minimum absolute atomic E-state index is 0.184. The molecule has 38 heavy (non-hydrogen) atoms. The highest BCUT2D eigenvalue weighted by atomic mass is 15.1. The van der Waals surface area contributed by atoms with Crippen LogP contribution in [0.3, 0.4) is 0 Å². The van der Waals surface area contributed by atoms with Crippen molar-refractivity contribution >= 4 is 0 Å². The fourth-order valence-electron chi connectivity index (χ4n) is 4.44. The van der Waals surface area contributed by atoms with Crippen molar-refractivity contribution in [2.24, 2.45) is 0 Å². The van der Waals surface area contributed by atoms with Crippen LogP contribution in [0, 0.1) is 13.8 Å². The summed E-state index contributed by atoms with van der Waals surface area (Å²) >= 11 is 0. The Kier molecular flexibility index (Phi) is 8.60. The van der Waals surface area contributed by atoms with Crippen LogP contribution in [0.25, 0.3) is 28.5 Å². The predicted molar refractivity (Wildman–Crippen MR) is 160 cm³/mol. The quantitative estimate of drug-likeness (QED) is 0.275. The highest BCUT2D eigenvalue weighted by Gasteiger charge is 2.26. The first kappa shape index (κ1) is 29.2. The molecule has 4 rings (SSSR count).